The van der Waals surface area contributed by atoms with Crippen LogP contribution in [0.4, 0.5) is 0 Å². The van der Waals surface area contributed by atoms with Gasteiger partial charge in [0.1, 0.15) is 5.03 Å². The number of nitrogens with one attached hydrogen (secondary N) is 2. The predicted molar refractivity (Wildman–Crippen MR) is 102 cm³/mol. The summed E-state index contributed by atoms with van der Waals surface area (Å²) >= 11 is 1.46. The summed E-state index contributed by atoms with van der Waals surface area (Å²) in [5, 5.41) is 6.45. The van der Waals surface area contributed by atoms with Crippen LogP contribution in [0, 0.1) is 5.92 Å². The van der Waals surface area contributed by atoms with Crippen LogP contribution in [0.15, 0.2) is 58.6 Å². The smallest absolute Gasteiger partial charge is 0.254 e. The third-order valence-electron chi connectivity index (χ3n) is 4.41. The lowest BCUT2D eigenvalue weighted by Gasteiger charge is -2.12. The number of aromatic nitrogens is 1. The Labute approximate surface area is 158 Å². The number of benzene rings is 1. The van der Waals surface area contributed by atoms with Gasteiger partial charge >= 0.3 is 0 Å². The Morgan fingerprint density at radius 2 is 1.73 bits per heavy atom. The minimum absolute atomic E-state index is 0.110. The van der Waals surface area contributed by atoms with E-state index in [4.69, 9.17) is 0 Å². The number of carbonyl (C=O) groups is 2. The molecule has 0 spiro atoms. The highest BCUT2D eigenvalue weighted by Gasteiger charge is 2.22. The molecular formula is C20H23N3O2S. The highest BCUT2D eigenvalue weighted by atomic mass is 32.2. The first kappa shape index (κ1) is 18.5. The largest absolute Gasteiger partial charge is 0.354 e. The summed E-state index contributed by atoms with van der Waals surface area (Å²) in [4.78, 5) is 29.8. The van der Waals surface area contributed by atoms with Crippen LogP contribution < -0.4 is 10.6 Å². The van der Waals surface area contributed by atoms with E-state index in [2.05, 4.69) is 15.6 Å². The van der Waals surface area contributed by atoms with Crippen molar-refractivity contribution < 1.29 is 9.59 Å². The van der Waals surface area contributed by atoms with Crippen LogP contribution in [-0.2, 0) is 4.79 Å². The van der Waals surface area contributed by atoms with Gasteiger partial charge in [-0.1, -0.05) is 42.8 Å². The molecule has 1 aromatic heterocycles. The third kappa shape index (κ3) is 5.08. The molecule has 1 aliphatic rings. The number of hydrogen-bond acceptors (Lipinski definition) is 4. The molecule has 2 amide bonds. The second-order valence-corrected chi connectivity index (χ2v) is 7.36. The van der Waals surface area contributed by atoms with Crippen molar-refractivity contribution >= 4 is 23.6 Å². The Hall–Kier alpha value is -2.34. The monoisotopic (exact) mass is 369 g/mol. The first-order valence-electron chi connectivity index (χ1n) is 8.98. The molecule has 0 bridgehead atoms. The van der Waals surface area contributed by atoms with Gasteiger partial charge in [-0.3, -0.25) is 9.59 Å². The van der Waals surface area contributed by atoms with E-state index in [1.165, 1.54) is 11.8 Å². The normalized spacial score (nSPS) is 14.2. The highest BCUT2D eigenvalue weighted by Crippen LogP contribution is 2.28. The van der Waals surface area contributed by atoms with Crippen LogP contribution in [0.1, 0.15) is 36.0 Å². The predicted octanol–water partition coefficient (Wildman–Crippen LogP) is 3.27. The Bertz CT molecular complexity index is 746. The summed E-state index contributed by atoms with van der Waals surface area (Å²) in [5.41, 5.74) is 0.545. The SMILES string of the molecule is O=C(NCCNC(=O)C1CCCC1)c1cccnc1Sc1ccccc1. The number of carbonyl (C=O) groups excluding carboxylic acids is 2. The van der Waals surface area contributed by atoms with Crippen LogP contribution >= 0.6 is 11.8 Å². The van der Waals surface area contributed by atoms with Crippen molar-refractivity contribution in [2.24, 2.45) is 5.92 Å². The molecular weight excluding hydrogens is 346 g/mol. The van der Waals surface area contributed by atoms with Crippen LogP contribution in [0.5, 0.6) is 0 Å². The van der Waals surface area contributed by atoms with E-state index in [-0.39, 0.29) is 17.7 Å². The fraction of sp³-hybridized carbons (Fsp3) is 0.350. The molecule has 2 N–H and O–H groups in total. The molecule has 1 aliphatic carbocycles. The zero-order valence-corrected chi connectivity index (χ0v) is 15.4. The van der Waals surface area contributed by atoms with Crippen LogP contribution in [-0.4, -0.2) is 29.9 Å². The van der Waals surface area contributed by atoms with Crippen molar-refractivity contribution in [1.82, 2.24) is 15.6 Å². The van der Waals surface area contributed by atoms with Gasteiger partial charge in [0.15, 0.2) is 0 Å². The van der Waals surface area contributed by atoms with Crippen LogP contribution in [0.25, 0.3) is 0 Å². The molecule has 0 saturated heterocycles. The molecule has 6 heteroatoms. The number of hydrogen-bond donors (Lipinski definition) is 2. The van der Waals surface area contributed by atoms with Gasteiger partial charge in [0, 0.05) is 30.1 Å². The van der Waals surface area contributed by atoms with E-state index < -0.39 is 0 Å². The molecule has 0 atom stereocenters. The maximum Gasteiger partial charge on any atom is 0.254 e. The zero-order valence-electron chi connectivity index (χ0n) is 14.6. The first-order chi connectivity index (χ1) is 12.7. The van der Waals surface area contributed by atoms with Crippen molar-refractivity contribution in [1.29, 1.82) is 0 Å². The van der Waals surface area contributed by atoms with Gasteiger partial charge in [0.25, 0.3) is 5.91 Å². The third-order valence-corrected chi connectivity index (χ3v) is 5.44. The van der Waals surface area contributed by atoms with E-state index in [1.54, 1.807) is 18.3 Å². The van der Waals surface area contributed by atoms with Crippen molar-refractivity contribution in [3.8, 4) is 0 Å². The summed E-state index contributed by atoms with van der Waals surface area (Å²) < 4.78 is 0. The van der Waals surface area contributed by atoms with Crippen molar-refractivity contribution in [3.05, 3.63) is 54.2 Å². The van der Waals surface area contributed by atoms with Gasteiger partial charge in [0.2, 0.25) is 5.91 Å². The molecule has 1 heterocycles. The Balaban J connectivity index is 1.50. The van der Waals surface area contributed by atoms with Gasteiger partial charge in [0.05, 0.1) is 5.56 Å². The molecule has 136 valence electrons. The molecule has 1 aromatic carbocycles. The summed E-state index contributed by atoms with van der Waals surface area (Å²) in [6.07, 6.45) is 5.92. The lowest BCUT2D eigenvalue weighted by molar-refractivity contribution is -0.124. The summed E-state index contributed by atoms with van der Waals surface area (Å²) in [6.45, 7) is 0.851. The average molecular weight is 369 g/mol. The summed E-state index contributed by atoms with van der Waals surface area (Å²) in [5.74, 6) is 0.0861. The van der Waals surface area contributed by atoms with Gasteiger partial charge in [-0.05, 0) is 37.1 Å². The second kappa shape index (κ2) is 9.38. The van der Waals surface area contributed by atoms with Gasteiger partial charge in [-0.25, -0.2) is 4.98 Å². The molecule has 0 unspecified atom stereocenters. The Morgan fingerprint density at radius 3 is 2.50 bits per heavy atom. The van der Waals surface area contributed by atoms with Gasteiger partial charge in [-0.2, -0.15) is 0 Å². The van der Waals surface area contributed by atoms with Crippen molar-refractivity contribution in [2.75, 3.05) is 13.1 Å². The van der Waals surface area contributed by atoms with E-state index >= 15 is 0 Å². The number of pyridine rings is 1. The van der Waals surface area contributed by atoms with Crippen molar-refractivity contribution in [2.45, 2.75) is 35.6 Å². The van der Waals surface area contributed by atoms with E-state index in [0.717, 1.165) is 30.6 Å². The second-order valence-electron chi connectivity index (χ2n) is 6.30. The summed E-state index contributed by atoms with van der Waals surface area (Å²) in [6, 6.07) is 13.4. The maximum absolute atomic E-state index is 12.5. The van der Waals surface area contributed by atoms with Crippen molar-refractivity contribution in [3.63, 3.8) is 0 Å². The van der Waals surface area contributed by atoms with E-state index in [1.807, 2.05) is 30.3 Å². The Morgan fingerprint density at radius 1 is 1.00 bits per heavy atom. The first-order valence-corrected chi connectivity index (χ1v) is 9.79. The van der Waals surface area contributed by atoms with Crippen LogP contribution in [0.3, 0.4) is 0 Å². The molecule has 26 heavy (non-hydrogen) atoms. The topological polar surface area (TPSA) is 71.1 Å². The van der Waals surface area contributed by atoms with Gasteiger partial charge < -0.3 is 10.6 Å². The lowest BCUT2D eigenvalue weighted by atomic mass is 10.1. The standard InChI is InChI=1S/C20H23N3O2S/c24-18(15-7-4-5-8-15)21-13-14-22-19(25)17-11-6-12-23-20(17)26-16-9-2-1-3-10-16/h1-3,6,9-12,15H,4-5,7-8,13-14H2,(H,21,24)(H,22,25). The number of rotatable bonds is 7. The fourth-order valence-electron chi connectivity index (χ4n) is 3.03. The van der Waals surface area contributed by atoms with E-state index in [9.17, 15) is 9.59 Å². The van der Waals surface area contributed by atoms with Gasteiger partial charge in [-0.15, -0.1) is 0 Å². The molecule has 0 radical (unpaired) electrons. The molecule has 5 nitrogen and oxygen atoms in total. The molecule has 0 aliphatic heterocycles. The lowest BCUT2D eigenvalue weighted by Crippen LogP contribution is -2.37. The molecule has 2 aromatic rings. The molecule has 1 saturated carbocycles. The number of nitrogens with zero attached hydrogens (tertiary/aromatic N) is 1. The molecule has 3 rings (SSSR count). The minimum atomic E-state index is -0.174. The zero-order chi connectivity index (χ0) is 18.2. The quantitative estimate of drug-likeness (QED) is 0.735. The van der Waals surface area contributed by atoms with Crippen LogP contribution in [0.2, 0.25) is 0 Å². The van der Waals surface area contributed by atoms with E-state index in [0.29, 0.717) is 23.7 Å². The Kier molecular flexibility index (Phi) is 6.66. The highest BCUT2D eigenvalue weighted by molar-refractivity contribution is 7.99. The maximum atomic E-state index is 12.5. The summed E-state index contributed by atoms with van der Waals surface area (Å²) in [7, 11) is 0. The molecule has 1 fully saturated rings. The fourth-order valence-corrected chi connectivity index (χ4v) is 3.94. The number of amides is 2. The average Bonchev–Trinajstić information content (AvgIpc) is 3.21. The minimum Gasteiger partial charge on any atom is -0.354 e.